The number of benzene rings is 2. The van der Waals surface area contributed by atoms with E-state index < -0.39 is 0 Å². The van der Waals surface area contributed by atoms with E-state index in [2.05, 4.69) is 83.6 Å². The number of nitrogens with one attached hydrogen (secondary N) is 1. The number of rotatable bonds is 8. The summed E-state index contributed by atoms with van der Waals surface area (Å²) in [5.74, 6) is 0.383. The summed E-state index contributed by atoms with van der Waals surface area (Å²) in [4.78, 5) is 17.3. The van der Waals surface area contributed by atoms with Gasteiger partial charge in [0.05, 0.1) is 0 Å². The van der Waals surface area contributed by atoms with E-state index in [1.807, 2.05) is 24.3 Å². The predicted octanol–water partition coefficient (Wildman–Crippen LogP) is 5.21. The third kappa shape index (κ3) is 4.85. The average molecular weight is 412 g/mol. The number of hydrogen-bond acceptors (Lipinski definition) is 2. The maximum atomic E-state index is 13.0. The summed E-state index contributed by atoms with van der Waals surface area (Å²) >= 11 is 0. The zero-order chi connectivity index (χ0) is 21.6. The van der Waals surface area contributed by atoms with Gasteiger partial charge in [0.2, 0.25) is 5.91 Å². The van der Waals surface area contributed by atoms with Crippen LogP contribution in [-0.4, -0.2) is 22.0 Å². The number of aryl methyl sites for hydroxylation is 1. The standard InChI is InChI=1S/C27H29N3O/c1-20(21-10-4-3-5-11-21)24(25-19-30(2)26-14-7-6-13-23(25)26)18-27(31)29-17-15-22-12-8-9-16-28-22/h3-14,16,19-20,24H,15,17-18H2,1-2H3,(H,29,31)/t20-,24-/m1/s1. The van der Waals surface area contributed by atoms with Crippen molar-refractivity contribution >= 4 is 16.8 Å². The molecule has 0 spiro atoms. The molecule has 0 aliphatic heterocycles. The summed E-state index contributed by atoms with van der Waals surface area (Å²) in [6, 6.07) is 24.8. The Kier molecular flexibility index (Phi) is 6.46. The first kappa shape index (κ1) is 20.9. The molecular weight excluding hydrogens is 382 g/mol. The molecule has 0 bridgehead atoms. The van der Waals surface area contributed by atoms with E-state index in [0.717, 1.165) is 12.1 Å². The Hall–Kier alpha value is -3.40. The van der Waals surface area contributed by atoms with Gasteiger partial charge in [0.25, 0.3) is 0 Å². The summed E-state index contributed by atoms with van der Waals surface area (Å²) in [5.41, 5.74) is 4.67. The summed E-state index contributed by atoms with van der Waals surface area (Å²) < 4.78 is 2.16. The fourth-order valence-electron chi connectivity index (χ4n) is 4.36. The summed E-state index contributed by atoms with van der Waals surface area (Å²) in [6.45, 7) is 2.82. The van der Waals surface area contributed by atoms with Gasteiger partial charge in [-0.25, -0.2) is 0 Å². The molecule has 158 valence electrons. The Bertz CT molecular complexity index is 1140. The first-order valence-corrected chi connectivity index (χ1v) is 10.9. The minimum Gasteiger partial charge on any atom is -0.356 e. The fraction of sp³-hybridized carbons (Fsp3) is 0.259. The van der Waals surface area contributed by atoms with Crippen molar-refractivity contribution in [3.63, 3.8) is 0 Å². The number of aromatic nitrogens is 2. The largest absolute Gasteiger partial charge is 0.356 e. The molecule has 2 heterocycles. The van der Waals surface area contributed by atoms with E-state index in [-0.39, 0.29) is 17.7 Å². The van der Waals surface area contributed by atoms with Crippen LogP contribution in [0.25, 0.3) is 10.9 Å². The van der Waals surface area contributed by atoms with Gasteiger partial charge in [-0.3, -0.25) is 9.78 Å². The van der Waals surface area contributed by atoms with Crippen molar-refractivity contribution in [2.75, 3.05) is 6.54 Å². The summed E-state index contributed by atoms with van der Waals surface area (Å²) in [5, 5.41) is 4.33. The molecule has 0 unspecified atom stereocenters. The van der Waals surface area contributed by atoms with Gasteiger partial charge in [0.1, 0.15) is 0 Å². The molecule has 0 saturated carbocycles. The third-order valence-electron chi connectivity index (χ3n) is 6.09. The van der Waals surface area contributed by atoms with Gasteiger partial charge >= 0.3 is 0 Å². The van der Waals surface area contributed by atoms with Crippen molar-refractivity contribution in [2.45, 2.75) is 31.6 Å². The number of carbonyl (C=O) groups excluding carboxylic acids is 1. The molecule has 0 aliphatic rings. The third-order valence-corrected chi connectivity index (χ3v) is 6.09. The quantitative estimate of drug-likeness (QED) is 0.433. The lowest BCUT2D eigenvalue weighted by atomic mass is 9.80. The van der Waals surface area contributed by atoms with Gasteiger partial charge in [0.15, 0.2) is 0 Å². The molecule has 2 aromatic heterocycles. The van der Waals surface area contributed by atoms with Gasteiger partial charge in [-0.05, 0) is 35.2 Å². The zero-order valence-corrected chi connectivity index (χ0v) is 18.2. The second kappa shape index (κ2) is 9.61. The molecule has 0 radical (unpaired) electrons. The lowest BCUT2D eigenvalue weighted by Crippen LogP contribution is -2.28. The molecule has 2 aromatic carbocycles. The highest BCUT2D eigenvalue weighted by atomic mass is 16.1. The van der Waals surface area contributed by atoms with Gasteiger partial charge in [-0.2, -0.15) is 0 Å². The molecule has 4 heteroatoms. The lowest BCUT2D eigenvalue weighted by molar-refractivity contribution is -0.121. The van der Waals surface area contributed by atoms with Crippen LogP contribution in [0.2, 0.25) is 0 Å². The number of fused-ring (bicyclic) bond motifs is 1. The Morgan fingerprint density at radius 2 is 1.74 bits per heavy atom. The van der Waals surface area contributed by atoms with Crippen molar-refractivity contribution < 1.29 is 4.79 Å². The van der Waals surface area contributed by atoms with Crippen molar-refractivity contribution in [3.05, 3.63) is 102 Å². The number of hydrogen-bond donors (Lipinski definition) is 1. The van der Waals surface area contributed by atoms with Gasteiger partial charge < -0.3 is 9.88 Å². The Balaban J connectivity index is 1.56. The first-order chi connectivity index (χ1) is 15.1. The molecule has 4 rings (SSSR count). The minimum atomic E-state index is 0.0802. The highest BCUT2D eigenvalue weighted by Gasteiger charge is 2.26. The lowest BCUT2D eigenvalue weighted by Gasteiger charge is -2.24. The van der Waals surface area contributed by atoms with Gasteiger partial charge in [-0.15, -0.1) is 0 Å². The molecule has 4 aromatic rings. The van der Waals surface area contributed by atoms with E-state index in [9.17, 15) is 4.79 Å². The molecule has 2 atom stereocenters. The van der Waals surface area contributed by atoms with Crippen molar-refractivity contribution in [1.82, 2.24) is 14.9 Å². The molecule has 1 amide bonds. The van der Waals surface area contributed by atoms with E-state index in [0.29, 0.717) is 13.0 Å². The highest BCUT2D eigenvalue weighted by molar-refractivity contribution is 5.86. The van der Waals surface area contributed by atoms with Crippen LogP contribution in [0, 0.1) is 0 Å². The second-order valence-electron chi connectivity index (χ2n) is 8.14. The van der Waals surface area contributed by atoms with Crippen LogP contribution in [0.4, 0.5) is 0 Å². The maximum Gasteiger partial charge on any atom is 0.220 e. The molecule has 0 aliphatic carbocycles. The topological polar surface area (TPSA) is 46.9 Å². The van der Waals surface area contributed by atoms with E-state index >= 15 is 0 Å². The molecule has 31 heavy (non-hydrogen) atoms. The van der Waals surface area contributed by atoms with Crippen molar-refractivity contribution in [3.8, 4) is 0 Å². The van der Waals surface area contributed by atoms with E-state index in [4.69, 9.17) is 0 Å². The van der Waals surface area contributed by atoms with Gasteiger partial charge in [0, 0.05) is 61.3 Å². The molecule has 0 saturated heterocycles. The average Bonchev–Trinajstić information content (AvgIpc) is 3.15. The normalized spacial score (nSPS) is 13.1. The Labute approximate surface area is 183 Å². The van der Waals surface area contributed by atoms with Crippen LogP contribution >= 0.6 is 0 Å². The minimum absolute atomic E-state index is 0.0802. The fourth-order valence-corrected chi connectivity index (χ4v) is 4.36. The first-order valence-electron chi connectivity index (χ1n) is 10.9. The zero-order valence-electron chi connectivity index (χ0n) is 18.2. The van der Waals surface area contributed by atoms with Crippen molar-refractivity contribution in [2.24, 2.45) is 7.05 Å². The number of amides is 1. The Morgan fingerprint density at radius 1 is 1.00 bits per heavy atom. The van der Waals surface area contributed by atoms with Crippen LogP contribution in [0.5, 0.6) is 0 Å². The maximum absolute atomic E-state index is 13.0. The van der Waals surface area contributed by atoms with E-state index in [1.54, 1.807) is 6.20 Å². The van der Waals surface area contributed by atoms with Crippen LogP contribution < -0.4 is 5.32 Å². The monoisotopic (exact) mass is 411 g/mol. The van der Waals surface area contributed by atoms with Gasteiger partial charge in [-0.1, -0.05) is 61.5 Å². The highest BCUT2D eigenvalue weighted by Crippen LogP contribution is 2.39. The van der Waals surface area contributed by atoms with Crippen molar-refractivity contribution in [1.29, 1.82) is 0 Å². The Morgan fingerprint density at radius 3 is 2.52 bits per heavy atom. The molecular formula is C27H29N3O. The van der Waals surface area contributed by atoms with E-state index in [1.165, 1.54) is 22.0 Å². The molecule has 0 fully saturated rings. The van der Waals surface area contributed by atoms with Crippen LogP contribution in [0.1, 0.15) is 42.0 Å². The SMILES string of the molecule is C[C@H](c1ccccc1)[C@@H](CC(=O)NCCc1ccccn1)c1cn(C)c2ccccc12. The smallest absolute Gasteiger partial charge is 0.220 e. The number of para-hydroxylation sites is 1. The van der Waals surface area contributed by atoms with Crippen LogP contribution in [-0.2, 0) is 18.3 Å². The number of carbonyl (C=O) groups is 1. The number of nitrogens with zero attached hydrogens (tertiary/aromatic N) is 2. The number of pyridine rings is 1. The van der Waals surface area contributed by atoms with Crippen LogP contribution in [0.15, 0.2) is 85.2 Å². The molecule has 1 N–H and O–H groups in total. The summed E-state index contributed by atoms with van der Waals surface area (Å²) in [7, 11) is 2.07. The molecule has 4 nitrogen and oxygen atoms in total. The second-order valence-corrected chi connectivity index (χ2v) is 8.14. The predicted molar refractivity (Wildman–Crippen MR) is 126 cm³/mol. The summed E-state index contributed by atoms with van der Waals surface area (Å²) in [6.07, 6.45) is 5.16. The van der Waals surface area contributed by atoms with Crippen LogP contribution in [0.3, 0.4) is 0 Å².